The Morgan fingerprint density at radius 1 is 1.09 bits per heavy atom. The standard InChI is InChI=1S/C17H21N3O2/c21-15-5-2-13(3-6-15)16-11-20(18-17(16)22)8-7-19-10-12-1-4-14(19)9-12/h2-3,5-6,11-12,14,21H,1,4,7-10H2,(H,18,22). The van der Waals surface area contributed by atoms with E-state index in [1.807, 2.05) is 10.9 Å². The molecule has 1 saturated carbocycles. The molecule has 1 aliphatic carbocycles. The molecule has 1 aromatic carbocycles. The third kappa shape index (κ3) is 2.46. The first-order chi connectivity index (χ1) is 10.7. The Labute approximate surface area is 129 Å². The number of phenolic OH excluding ortho intramolecular Hbond substituents is 1. The molecule has 1 aromatic heterocycles. The van der Waals surface area contributed by atoms with Gasteiger partial charge in [0.1, 0.15) is 5.75 Å². The second-order valence-electron chi connectivity index (χ2n) is 6.50. The number of aromatic hydroxyl groups is 2. The van der Waals surface area contributed by atoms with E-state index in [1.54, 1.807) is 24.3 Å². The van der Waals surface area contributed by atoms with E-state index in [1.165, 1.54) is 25.8 Å². The Morgan fingerprint density at radius 3 is 2.59 bits per heavy atom. The first-order valence-corrected chi connectivity index (χ1v) is 7.99. The van der Waals surface area contributed by atoms with Crippen LogP contribution in [0.1, 0.15) is 19.3 Å². The molecule has 2 aliphatic rings. The van der Waals surface area contributed by atoms with Gasteiger partial charge in [-0.1, -0.05) is 12.1 Å². The molecule has 2 atom stereocenters. The Morgan fingerprint density at radius 2 is 1.91 bits per heavy atom. The maximum absolute atomic E-state index is 10.0. The lowest BCUT2D eigenvalue weighted by Crippen LogP contribution is -2.34. The van der Waals surface area contributed by atoms with Gasteiger partial charge in [-0.2, -0.15) is 0 Å². The summed E-state index contributed by atoms with van der Waals surface area (Å²) in [6.07, 6.45) is 5.99. The summed E-state index contributed by atoms with van der Waals surface area (Å²) in [5, 5.41) is 23.6. The SMILES string of the molecule is Oc1ccc(-c2cn(CCN3CC4CCC3C4)nc2O)cc1. The topological polar surface area (TPSA) is 61.5 Å². The van der Waals surface area contributed by atoms with Crippen LogP contribution in [0.3, 0.4) is 0 Å². The van der Waals surface area contributed by atoms with Crippen molar-refractivity contribution in [2.24, 2.45) is 5.92 Å². The average Bonchev–Trinajstić information content (AvgIpc) is 3.21. The quantitative estimate of drug-likeness (QED) is 0.910. The molecule has 5 heteroatoms. The van der Waals surface area contributed by atoms with Crippen LogP contribution < -0.4 is 0 Å². The minimum atomic E-state index is 0.0497. The van der Waals surface area contributed by atoms with Crippen LogP contribution in [0.25, 0.3) is 11.1 Å². The van der Waals surface area contributed by atoms with Gasteiger partial charge < -0.3 is 10.2 Å². The molecular formula is C17H21N3O2. The fourth-order valence-corrected chi connectivity index (χ4v) is 3.90. The smallest absolute Gasteiger partial charge is 0.238 e. The number of benzene rings is 1. The maximum Gasteiger partial charge on any atom is 0.238 e. The highest BCUT2D eigenvalue weighted by atomic mass is 16.3. The van der Waals surface area contributed by atoms with Gasteiger partial charge in [0.25, 0.3) is 0 Å². The van der Waals surface area contributed by atoms with E-state index in [0.29, 0.717) is 5.56 Å². The molecule has 1 saturated heterocycles. The normalized spacial score (nSPS) is 24.2. The summed E-state index contributed by atoms with van der Waals surface area (Å²) in [5.41, 5.74) is 1.57. The van der Waals surface area contributed by atoms with E-state index in [4.69, 9.17) is 0 Å². The van der Waals surface area contributed by atoms with Crippen LogP contribution in [0, 0.1) is 5.92 Å². The number of rotatable bonds is 4. The van der Waals surface area contributed by atoms with Gasteiger partial charge in [-0.05, 0) is 42.9 Å². The lowest BCUT2D eigenvalue weighted by Gasteiger charge is -2.26. The van der Waals surface area contributed by atoms with Crippen LogP contribution in [0.15, 0.2) is 30.5 Å². The van der Waals surface area contributed by atoms with Crippen molar-refractivity contribution in [2.45, 2.75) is 31.8 Å². The minimum Gasteiger partial charge on any atom is -0.508 e. The summed E-state index contributed by atoms with van der Waals surface area (Å²) in [6, 6.07) is 7.58. The highest BCUT2D eigenvalue weighted by Gasteiger charge is 2.37. The minimum absolute atomic E-state index is 0.0497. The zero-order chi connectivity index (χ0) is 15.1. The first kappa shape index (κ1) is 13.6. The van der Waals surface area contributed by atoms with E-state index in [0.717, 1.165) is 30.6 Å². The van der Waals surface area contributed by atoms with Crippen molar-refractivity contribution in [3.63, 3.8) is 0 Å². The first-order valence-electron chi connectivity index (χ1n) is 7.99. The van der Waals surface area contributed by atoms with Crippen molar-refractivity contribution in [1.82, 2.24) is 14.7 Å². The largest absolute Gasteiger partial charge is 0.508 e. The number of hydrogen-bond donors (Lipinski definition) is 2. The van der Waals surface area contributed by atoms with Crippen molar-refractivity contribution in [1.29, 1.82) is 0 Å². The number of phenols is 1. The zero-order valence-corrected chi connectivity index (χ0v) is 12.5. The summed E-state index contributed by atoms with van der Waals surface area (Å²) < 4.78 is 1.82. The van der Waals surface area contributed by atoms with Gasteiger partial charge >= 0.3 is 0 Å². The molecule has 0 spiro atoms. The molecular weight excluding hydrogens is 278 g/mol. The van der Waals surface area contributed by atoms with E-state index in [9.17, 15) is 10.2 Å². The fraction of sp³-hybridized carbons (Fsp3) is 0.471. The summed E-state index contributed by atoms with van der Waals surface area (Å²) >= 11 is 0. The van der Waals surface area contributed by atoms with E-state index >= 15 is 0 Å². The maximum atomic E-state index is 10.0. The number of fused-ring (bicyclic) bond motifs is 2. The van der Waals surface area contributed by atoms with Crippen LogP contribution >= 0.6 is 0 Å². The van der Waals surface area contributed by atoms with Crippen molar-refractivity contribution < 1.29 is 10.2 Å². The van der Waals surface area contributed by atoms with Gasteiger partial charge in [0, 0.05) is 25.3 Å². The average molecular weight is 299 g/mol. The van der Waals surface area contributed by atoms with Crippen LogP contribution in [0.5, 0.6) is 11.6 Å². The van der Waals surface area contributed by atoms with Crippen molar-refractivity contribution in [3.8, 4) is 22.8 Å². The molecule has 2 N–H and O–H groups in total. The third-order valence-corrected chi connectivity index (χ3v) is 5.06. The molecule has 2 heterocycles. The van der Waals surface area contributed by atoms with Crippen molar-refractivity contribution >= 4 is 0 Å². The highest BCUT2D eigenvalue weighted by molar-refractivity contribution is 5.68. The van der Waals surface area contributed by atoms with Gasteiger partial charge in [-0.25, -0.2) is 0 Å². The number of hydrogen-bond acceptors (Lipinski definition) is 4. The summed E-state index contributed by atoms with van der Waals surface area (Å²) in [7, 11) is 0. The molecule has 2 bridgehead atoms. The molecule has 5 nitrogen and oxygen atoms in total. The molecule has 2 aromatic rings. The Hall–Kier alpha value is -2.01. The number of likely N-dealkylation sites (tertiary alicyclic amines) is 1. The molecule has 1 aliphatic heterocycles. The number of aromatic nitrogens is 2. The Bertz CT molecular complexity index is 665. The second kappa shape index (κ2) is 5.32. The lowest BCUT2D eigenvalue weighted by atomic mass is 10.1. The second-order valence-corrected chi connectivity index (χ2v) is 6.50. The van der Waals surface area contributed by atoms with Gasteiger partial charge in [0.2, 0.25) is 5.88 Å². The van der Waals surface area contributed by atoms with E-state index in [2.05, 4.69) is 10.00 Å². The number of nitrogens with zero attached hydrogens (tertiary/aromatic N) is 3. The fourth-order valence-electron chi connectivity index (χ4n) is 3.90. The van der Waals surface area contributed by atoms with Gasteiger partial charge in [0.05, 0.1) is 12.1 Å². The predicted octanol–water partition coefficient (Wildman–Crippen LogP) is 2.45. The molecule has 4 rings (SSSR count). The molecule has 22 heavy (non-hydrogen) atoms. The number of piperidine rings is 1. The van der Waals surface area contributed by atoms with Crippen LogP contribution in [0.2, 0.25) is 0 Å². The third-order valence-electron chi connectivity index (χ3n) is 5.06. The molecule has 116 valence electrons. The van der Waals surface area contributed by atoms with Crippen LogP contribution in [-0.2, 0) is 6.54 Å². The summed E-state index contributed by atoms with van der Waals surface area (Å²) in [5.74, 6) is 1.18. The predicted molar refractivity (Wildman–Crippen MR) is 83.7 cm³/mol. The van der Waals surface area contributed by atoms with E-state index < -0.39 is 0 Å². The van der Waals surface area contributed by atoms with Gasteiger partial charge in [-0.3, -0.25) is 9.58 Å². The van der Waals surface area contributed by atoms with Crippen LogP contribution in [0.4, 0.5) is 0 Å². The summed E-state index contributed by atoms with van der Waals surface area (Å²) in [6.45, 7) is 3.02. The molecule has 2 fully saturated rings. The summed E-state index contributed by atoms with van der Waals surface area (Å²) in [4.78, 5) is 2.56. The molecule has 0 radical (unpaired) electrons. The Kier molecular flexibility index (Phi) is 3.30. The molecule has 0 amide bonds. The highest BCUT2D eigenvalue weighted by Crippen LogP contribution is 2.37. The van der Waals surface area contributed by atoms with Crippen molar-refractivity contribution in [3.05, 3.63) is 30.5 Å². The van der Waals surface area contributed by atoms with E-state index in [-0.39, 0.29) is 11.6 Å². The lowest BCUT2D eigenvalue weighted by molar-refractivity contribution is 0.203. The van der Waals surface area contributed by atoms with Gasteiger partial charge in [-0.15, -0.1) is 5.10 Å². The van der Waals surface area contributed by atoms with Gasteiger partial charge in [0.15, 0.2) is 0 Å². The van der Waals surface area contributed by atoms with Crippen molar-refractivity contribution in [2.75, 3.05) is 13.1 Å². The van der Waals surface area contributed by atoms with Crippen LogP contribution in [-0.4, -0.2) is 44.0 Å². The monoisotopic (exact) mass is 299 g/mol. The Balaban J connectivity index is 1.45. The molecule has 2 unspecified atom stereocenters. The zero-order valence-electron chi connectivity index (χ0n) is 12.5.